The number of aliphatic hydroxyl groups excluding tert-OH is 1. The first kappa shape index (κ1) is 25.2. The zero-order chi connectivity index (χ0) is 20.7. The van der Waals surface area contributed by atoms with Gasteiger partial charge in [0.2, 0.25) is 0 Å². The van der Waals surface area contributed by atoms with Crippen molar-refractivity contribution < 1.29 is 10.2 Å². The average molecular weight is 391 g/mol. The zero-order valence-electron chi connectivity index (χ0n) is 18.6. The minimum absolute atomic E-state index is 0.227. The maximum Gasteiger partial charge on any atom is 0.105 e. The number of allylic oxidation sites excluding steroid dienone is 4. The Morgan fingerprint density at radius 2 is 1.89 bits per heavy atom. The second-order valence-corrected chi connectivity index (χ2v) is 9.04. The van der Waals surface area contributed by atoms with Crippen molar-refractivity contribution in [3.63, 3.8) is 0 Å². The summed E-state index contributed by atoms with van der Waals surface area (Å²) in [4.78, 5) is 0. The van der Waals surface area contributed by atoms with Crippen LogP contribution in [0.3, 0.4) is 0 Å². The summed E-state index contributed by atoms with van der Waals surface area (Å²) >= 11 is 0. The van der Waals surface area contributed by atoms with Crippen LogP contribution in [0, 0.1) is 17.8 Å². The Morgan fingerprint density at radius 1 is 1.14 bits per heavy atom. The second kappa shape index (κ2) is 15.0. The highest BCUT2D eigenvalue weighted by Crippen LogP contribution is 2.31. The molecule has 0 bridgehead atoms. The average Bonchev–Trinajstić information content (AvgIpc) is 3.15. The molecule has 0 spiro atoms. The van der Waals surface area contributed by atoms with Crippen LogP contribution in [-0.2, 0) is 0 Å². The highest BCUT2D eigenvalue weighted by molar-refractivity contribution is 5.09. The molecule has 28 heavy (non-hydrogen) atoms. The minimum Gasteiger partial charge on any atom is -0.393 e. The standard InChI is InChI=1S/C26H46O2/c1-4-6-7-10-15-23(3)16-13-18-25-20-14-19-24(25)17-11-8-9-12-21-26(28,5-2)22-27/h5,13-14,18,20,23-25,27-28H,2,4,6-12,15-17,19,21-22H2,1,3H3/t23-,24+,25+,26?/m1/s1. The van der Waals surface area contributed by atoms with Gasteiger partial charge < -0.3 is 10.2 Å². The van der Waals surface area contributed by atoms with Crippen LogP contribution in [0.4, 0.5) is 0 Å². The van der Waals surface area contributed by atoms with Gasteiger partial charge in [-0.2, -0.15) is 0 Å². The molecule has 1 rings (SSSR count). The SMILES string of the molecule is C=CC(O)(CO)CCCCCC[C@H]1CC=C[C@@H]1C=CC[C@H](C)CCCCCC. The van der Waals surface area contributed by atoms with Gasteiger partial charge in [0.1, 0.15) is 5.60 Å². The molecule has 0 aliphatic heterocycles. The lowest BCUT2D eigenvalue weighted by Crippen LogP contribution is -2.30. The molecule has 0 aromatic carbocycles. The summed E-state index contributed by atoms with van der Waals surface area (Å²) < 4.78 is 0. The van der Waals surface area contributed by atoms with Crippen molar-refractivity contribution in [3.05, 3.63) is 37.0 Å². The van der Waals surface area contributed by atoms with E-state index in [0.717, 1.165) is 24.7 Å². The summed E-state index contributed by atoms with van der Waals surface area (Å²) in [5, 5.41) is 19.2. The maximum absolute atomic E-state index is 10.0. The molecule has 4 atom stereocenters. The summed E-state index contributed by atoms with van der Waals surface area (Å²) in [6.45, 7) is 8.05. The van der Waals surface area contributed by atoms with E-state index in [2.05, 4.69) is 44.7 Å². The van der Waals surface area contributed by atoms with Crippen molar-refractivity contribution in [2.45, 2.75) is 103 Å². The third-order valence-corrected chi connectivity index (χ3v) is 6.38. The molecule has 0 aromatic heterocycles. The van der Waals surface area contributed by atoms with E-state index in [1.54, 1.807) is 0 Å². The quantitative estimate of drug-likeness (QED) is 0.208. The Hall–Kier alpha value is -0.860. The van der Waals surface area contributed by atoms with Crippen molar-refractivity contribution in [1.82, 2.24) is 0 Å². The summed E-state index contributed by atoms with van der Waals surface area (Å²) in [5.41, 5.74) is -1.08. The van der Waals surface area contributed by atoms with Gasteiger partial charge in [-0.15, -0.1) is 6.58 Å². The monoisotopic (exact) mass is 390 g/mol. The van der Waals surface area contributed by atoms with Crippen molar-refractivity contribution >= 4 is 0 Å². The number of rotatable bonds is 17. The Morgan fingerprint density at radius 3 is 2.61 bits per heavy atom. The fraction of sp³-hybridized carbons (Fsp3) is 0.769. The lowest BCUT2D eigenvalue weighted by atomic mass is 9.88. The molecule has 1 aliphatic carbocycles. The molecule has 0 saturated heterocycles. The smallest absolute Gasteiger partial charge is 0.105 e. The Kier molecular flexibility index (Phi) is 13.5. The van der Waals surface area contributed by atoms with E-state index >= 15 is 0 Å². The number of hydrogen-bond donors (Lipinski definition) is 2. The first-order valence-electron chi connectivity index (χ1n) is 11.8. The van der Waals surface area contributed by atoms with E-state index in [-0.39, 0.29) is 6.61 Å². The molecule has 2 nitrogen and oxygen atoms in total. The van der Waals surface area contributed by atoms with Crippen LogP contribution in [0.15, 0.2) is 37.0 Å². The van der Waals surface area contributed by atoms with Crippen LogP contribution in [0.2, 0.25) is 0 Å². The first-order chi connectivity index (χ1) is 13.5. The van der Waals surface area contributed by atoms with Crippen LogP contribution in [-0.4, -0.2) is 22.4 Å². The van der Waals surface area contributed by atoms with E-state index in [1.165, 1.54) is 70.3 Å². The first-order valence-corrected chi connectivity index (χ1v) is 11.8. The predicted molar refractivity (Wildman–Crippen MR) is 122 cm³/mol. The minimum atomic E-state index is -1.08. The van der Waals surface area contributed by atoms with E-state index in [0.29, 0.717) is 12.3 Å². The molecular formula is C26H46O2. The lowest BCUT2D eigenvalue weighted by molar-refractivity contribution is 0.0186. The molecule has 0 amide bonds. The maximum atomic E-state index is 10.0. The second-order valence-electron chi connectivity index (χ2n) is 9.04. The molecular weight excluding hydrogens is 344 g/mol. The fourth-order valence-electron chi connectivity index (χ4n) is 4.20. The zero-order valence-corrected chi connectivity index (χ0v) is 18.6. The summed E-state index contributed by atoms with van der Waals surface area (Å²) in [7, 11) is 0. The third-order valence-electron chi connectivity index (χ3n) is 6.38. The summed E-state index contributed by atoms with van der Waals surface area (Å²) in [6.07, 6.45) is 26.9. The van der Waals surface area contributed by atoms with Gasteiger partial charge in [0, 0.05) is 0 Å². The number of unbranched alkanes of at least 4 members (excludes halogenated alkanes) is 6. The van der Waals surface area contributed by atoms with Crippen LogP contribution in [0.5, 0.6) is 0 Å². The highest BCUT2D eigenvalue weighted by Gasteiger charge is 2.21. The topological polar surface area (TPSA) is 40.5 Å². The van der Waals surface area contributed by atoms with E-state index < -0.39 is 5.60 Å². The molecule has 1 unspecified atom stereocenters. The highest BCUT2D eigenvalue weighted by atomic mass is 16.3. The van der Waals surface area contributed by atoms with Crippen molar-refractivity contribution in [2.24, 2.45) is 17.8 Å². The van der Waals surface area contributed by atoms with Gasteiger partial charge in [-0.05, 0) is 43.4 Å². The van der Waals surface area contributed by atoms with Gasteiger partial charge in [0.25, 0.3) is 0 Å². The summed E-state index contributed by atoms with van der Waals surface area (Å²) in [5.74, 6) is 2.22. The van der Waals surface area contributed by atoms with E-state index in [9.17, 15) is 10.2 Å². The van der Waals surface area contributed by atoms with E-state index in [1.807, 2.05) is 0 Å². The van der Waals surface area contributed by atoms with Crippen LogP contribution in [0.25, 0.3) is 0 Å². The van der Waals surface area contributed by atoms with Crippen LogP contribution < -0.4 is 0 Å². The van der Waals surface area contributed by atoms with Gasteiger partial charge >= 0.3 is 0 Å². The number of aliphatic hydroxyl groups is 2. The number of hydrogen-bond acceptors (Lipinski definition) is 2. The van der Waals surface area contributed by atoms with Crippen molar-refractivity contribution in [3.8, 4) is 0 Å². The van der Waals surface area contributed by atoms with Gasteiger partial charge in [0.15, 0.2) is 0 Å². The Balaban J connectivity index is 2.15. The van der Waals surface area contributed by atoms with Crippen molar-refractivity contribution in [2.75, 3.05) is 6.61 Å². The molecule has 0 saturated carbocycles. The molecule has 0 heterocycles. The van der Waals surface area contributed by atoms with Gasteiger partial charge in [0.05, 0.1) is 6.61 Å². The van der Waals surface area contributed by atoms with Crippen LogP contribution >= 0.6 is 0 Å². The Labute approximate surface area is 174 Å². The van der Waals surface area contributed by atoms with Gasteiger partial charge in [-0.1, -0.05) is 102 Å². The molecule has 0 radical (unpaired) electrons. The normalized spacial score (nSPS) is 22.6. The fourth-order valence-corrected chi connectivity index (χ4v) is 4.20. The molecule has 0 aromatic rings. The third kappa shape index (κ3) is 10.6. The Bertz CT molecular complexity index is 453. The molecule has 2 heteroatoms. The molecule has 1 aliphatic rings. The van der Waals surface area contributed by atoms with E-state index in [4.69, 9.17) is 0 Å². The largest absolute Gasteiger partial charge is 0.393 e. The van der Waals surface area contributed by atoms with Gasteiger partial charge in [-0.25, -0.2) is 0 Å². The predicted octanol–water partition coefficient (Wildman–Crippen LogP) is 6.98. The summed E-state index contributed by atoms with van der Waals surface area (Å²) in [6, 6.07) is 0. The van der Waals surface area contributed by atoms with Crippen molar-refractivity contribution in [1.29, 1.82) is 0 Å². The van der Waals surface area contributed by atoms with Crippen LogP contribution in [0.1, 0.15) is 97.3 Å². The van der Waals surface area contributed by atoms with Gasteiger partial charge in [-0.3, -0.25) is 0 Å². The molecule has 162 valence electrons. The molecule has 2 N–H and O–H groups in total. The lowest BCUT2D eigenvalue weighted by Gasteiger charge is -2.21. The molecule has 0 fully saturated rings.